The lowest BCUT2D eigenvalue weighted by molar-refractivity contribution is 0.222. The topological polar surface area (TPSA) is 79.4 Å². The number of hydrogen-bond acceptors (Lipinski definition) is 5. The molecule has 0 unspecified atom stereocenters. The average molecular weight is 206 g/mol. The first kappa shape index (κ1) is 9.67. The van der Waals surface area contributed by atoms with Crippen molar-refractivity contribution < 1.29 is 14.7 Å². The zero-order valence-electron chi connectivity index (χ0n) is 7.92. The molecule has 0 saturated heterocycles. The Morgan fingerprint density at radius 2 is 1.93 bits per heavy atom. The second-order valence-electron chi connectivity index (χ2n) is 3.11. The third-order valence-corrected chi connectivity index (χ3v) is 1.94. The third-order valence-electron chi connectivity index (χ3n) is 1.94. The minimum Gasteiger partial charge on any atom is -0.508 e. The van der Waals surface area contributed by atoms with Gasteiger partial charge in [-0.3, -0.25) is 0 Å². The number of hydrogen-bond donors (Lipinski definition) is 2. The van der Waals surface area contributed by atoms with Gasteiger partial charge in [-0.05, 0) is 17.7 Å². The molecule has 2 N–H and O–H groups in total. The Morgan fingerprint density at radius 3 is 2.53 bits per heavy atom. The number of nitrogens with zero attached hydrogens (tertiary/aromatic N) is 2. The summed E-state index contributed by atoms with van der Waals surface area (Å²) in [5, 5.41) is 21.5. The van der Waals surface area contributed by atoms with Gasteiger partial charge in [-0.25, -0.2) is 0 Å². The van der Waals surface area contributed by atoms with Crippen LogP contribution in [0, 0.1) is 0 Å². The maximum atomic E-state index is 9.08. The fraction of sp³-hybridized carbons (Fsp3) is 0.200. The Labute approximate surface area is 86.0 Å². The molecule has 0 spiro atoms. The molecule has 0 bridgehead atoms. The molecule has 0 aliphatic rings. The summed E-state index contributed by atoms with van der Waals surface area (Å²) in [4.78, 5) is 3.96. The predicted octanol–water partition coefficient (Wildman–Crippen LogP) is 0.858. The van der Waals surface area contributed by atoms with Gasteiger partial charge in [-0.15, -0.1) is 0 Å². The summed E-state index contributed by atoms with van der Waals surface area (Å²) < 4.78 is 4.75. The lowest BCUT2D eigenvalue weighted by Crippen LogP contribution is -1.91. The van der Waals surface area contributed by atoms with Gasteiger partial charge < -0.3 is 14.7 Å². The quantitative estimate of drug-likeness (QED) is 0.778. The zero-order chi connectivity index (χ0) is 10.7. The van der Waals surface area contributed by atoms with Gasteiger partial charge in [-0.2, -0.15) is 4.98 Å². The number of aliphatic hydroxyl groups excluding tert-OH is 1. The largest absolute Gasteiger partial charge is 0.508 e. The van der Waals surface area contributed by atoms with Gasteiger partial charge in [0, 0.05) is 6.42 Å². The number of phenolic OH excluding ortho intramolecular Hbond substituents is 1. The van der Waals surface area contributed by atoms with E-state index in [-0.39, 0.29) is 18.2 Å². The highest BCUT2D eigenvalue weighted by molar-refractivity contribution is 5.27. The molecule has 1 aromatic heterocycles. The van der Waals surface area contributed by atoms with Crippen molar-refractivity contribution in [2.24, 2.45) is 0 Å². The molecule has 5 nitrogen and oxygen atoms in total. The summed E-state index contributed by atoms with van der Waals surface area (Å²) >= 11 is 0. The number of benzene rings is 1. The van der Waals surface area contributed by atoms with Crippen LogP contribution < -0.4 is 0 Å². The Balaban J connectivity index is 2.11. The second kappa shape index (κ2) is 4.10. The predicted molar refractivity (Wildman–Crippen MR) is 51.1 cm³/mol. The van der Waals surface area contributed by atoms with Crippen molar-refractivity contribution >= 4 is 0 Å². The van der Waals surface area contributed by atoms with Crippen LogP contribution in [0.2, 0.25) is 0 Å². The van der Waals surface area contributed by atoms with E-state index in [1.165, 1.54) is 0 Å². The average Bonchev–Trinajstić information content (AvgIpc) is 2.69. The Kier molecular flexibility index (Phi) is 2.64. The van der Waals surface area contributed by atoms with E-state index in [9.17, 15) is 0 Å². The Hall–Kier alpha value is -1.88. The first-order valence-electron chi connectivity index (χ1n) is 4.48. The number of aliphatic hydroxyl groups is 1. The van der Waals surface area contributed by atoms with Crippen molar-refractivity contribution in [2.75, 3.05) is 0 Å². The molecule has 0 atom stereocenters. The van der Waals surface area contributed by atoms with E-state index >= 15 is 0 Å². The molecule has 1 aromatic carbocycles. The fourth-order valence-electron chi connectivity index (χ4n) is 1.22. The zero-order valence-corrected chi connectivity index (χ0v) is 7.92. The molecule has 2 rings (SSSR count). The Bertz CT molecular complexity index is 436. The van der Waals surface area contributed by atoms with Crippen molar-refractivity contribution in [3.63, 3.8) is 0 Å². The maximum absolute atomic E-state index is 9.08. The van der Waals surface area contributed by atoms with Crippen molar-refractivity contribution in [1.82, 2.24) is 10.1 Å². The molecule has 1 heterocycles. The van der Waals surface area contributed by atoms with Crippen LogP contribution in [0.25, 0.3) is 0 Å². The summed E-state index contributed by atoms with van der Waals surface area (Å²) in [7, 11) is 0. The van der Waals surface area contributed by atoms with Crippen LogP contribution in [0.4, 0.5) is 0 Å². The van der Waals surface area contributed by atoms with Crippen LogP contribution >= 0.6 is 0 Å². The number of rotatable bonds is 3. The molecule has 2 aromatic rings. The van der Waals surface area contributed by atoms with Crippen LogP contribution in [0.5, 0.6) is 5.75 Å². The van der Waals surface area contributed by atoms with E-state index in [4.69, 9.17) is 14.7 Å². The maximum Gasteiger partial charge on any atom is 0.252 e. The molecule has 0 fully saturated rings. The van der Waals surface area contributed by atoms with E-state index in [0.29, 0.717) is 12.2 Å². The van der Waals surface area contributed by atoms with Gasteiger partial charge in [0.05, 0.1) is 0 Å². The molecule has 0 amide bonds. The van der Waals surface area contributed by atoms with Crippen molar-refractivity contribution in [2.45, 2.75) is 13.0 Å². The molecule has 0 saturated carbocycles. The number of aromatic nitrogens is 2. The van der Waals surface area contributed by atoms with Crippen LogP contribution in [-0.4, -0.2) is 20.4 Å². The van der Waals surface area contributed by atoms with Crippen LogP contribution in [0.3, 0.4) is 0 Å². The van der Waals surface area contributed by atoms with Gasteiger partial charge >= 0.3 is 0 Å². The van der Waals surface area contributed by atoms with Gasteiger partial charge in [0.25, 0.3) is 5.89 Å². The van der Waals surface area contributed by atoms with E-state index in [1.54, 1.807) is 24.3 Å². The monoisotopic (exact) mass is 206 g/mol. The van der Waals surface area contributed by atoms with E-state index in [0.717, 1.165) is 5.56 Å². The smallest absolute Gasteiger partial charge is 0.252 e. The van der Waals surface area contributed by atoms with Gasteiger partial charge in [-0.1, -0.05) is 17.3 Å². The minimum absolute atomic E-state index is 0.212. The number of aromatic hydroxyl groups is 1. The molecule has 0 aliphatic heterocycles. The van der Waals surface area contributed by atoms with Crippen LogP contribution in [-0.2, 0) is 13.0 Å². The van der Waals surface area contributed by atoms with E-state index < -0.39 is 0 Å². The third kappa shape index (κ3) is 2.32. The number of phenols is 1. The van der Waals surface area contributed by atoms with Crippen molar-refractivity contribution in [3.8, 4) is 5.75 Å². The lowest BCUT2D eigenvalue weighted by atomic mass is 10.1. The molecule has 78 valence electrons. The van der Waals surface area contributed by atoms with Gasteiger partial charge in [0.15, 0.2) is 5.82 Å². The molecular formula is C10H10N2O3. The van der Waals surface area contributed by atoms with Crippen LogP contribution in [0.1, 0.15) is 17.3 Å². The van der Waals surface area contributed by atoms with Crippen molar-refractivity contribution in [3.05, 3.63) is 41.5 Å². The lowest BCUT2D eigenvalue weighted by Gasteiger charge is -1.96. The molecule has 0 radical (unpaired) electrons. The van der Waals surface area contributed by atoms with Crippen LogP contribution in [0.15, 0.2) is 28.8 Å². The highest BCUT2D eigenvalue weighted by Crippen LogP contribution is 2.12. The summed E-state index contributed by atoms with van der Waals surface area (Å²) in [5.41, 5.74) is 0.970. The summed E-state index contributed by atoms with van der Waals surface area (Å²) in [6.07, 6.45) is 0.518. The second-order valence-corrected chi connectivity index (χ2v) is 3.11. The highest BCUT2D eigenvalue weighted by atomic mass is 16.5. The first-order chi connectivity index (χ1) is 7.28. The molecular weight excluding hydrogens is 196 g/mol. The first-order valence-corrected chi connectivity index (χ1v) is 4.48. The van der Waals surface area contributed by atoms with Gasteiger partial charge in [0.2, 0.25) is 0 Å². The molecule has 0 aliphatic carbocycles. The normalized spacial score (nSPS) is 10.5. The standard InChI is InChI=1S/C10H10N2O3/c13-6-10-11-9(12-15-10)5-7-1-3-8(14)4-2-7/h1-4,13-14H,5-6H2. The van der Waals surface area contributed by atoms with E-state index in [1.807, 2.05) is 0 Å². The molecule has 15 heavy (non-hydrogen) atoms. The van der Waals surface area contributed by atoms with Crippen molar-refractivity contribution in [1.29, 1.82) is 0 Å². The molecule has 5 heteroatoms. The van der Waals surface area contributed by atoms with Gasteiger partial charge in [0.1, 0.15) is 12.4 Å². The van der Waals surface area contributed by atoms with E-state index in [2.05, 4.69) is 10.1 Å². The summed E-state index contributed by atoms with van der Waals surface area (Å²) in [6, 6.07) is 6.76. The minimum atomic E-state index is -0.247. The summed E-state index contributed by atoms with van der Waals surface area (Å²) in [5.74, 6) is 0.955. The SMILES string of the molecule is OCc1nc(Cc2ccc(O)cc2)no1. The Morgan fingerprint density at radius 1 is 1.20 bits per heavy atom. The highest BCUT2D eigenvalue weighted by Gasteiger charge is 2.05. The fourth-order valence-corrected chi connectivity index (χ4v) is 1.22. The summed E-state index contributed by atoms with van der Waals surface area (Å²) in [6.45, 7) is -0.247.